The first-order chi connectivity index (χ1) is 32.8. The van der Waals surface area contributed by atoms with E-state index in [-0.39, 0.29) is 57.8 Å². The summed E-state index contributed by atoms with van der Waals surface area (Å²) in [5.74, 6) is -1.35. The third kappa shape index (κ3) is 12.3. The monoisotopic (exact) mass is 929 g/mol. The van der Waals surface area contributed by atoms with Gasteiger partial charge < -0.3 is 52.8 Å². The SMILES string of the molecule is Cc1nc(-c2ccc(CC3CCCC3)cc2)nc(C)c1C(=O)NC(CCN)C(=O)N(C)C1C(=O)NC(C)C(=O)NC(C(=O)NCC#N)Cc2ccc(OCCN)c(c2)-c2cc1ccc2OCCN. The molecule has 5 amide bonds. The minimum atomic E-state index is -1.40. The lowest BCUT2D eigenvalue weighted by molar-refractivity contribution is -0.141. The zero-order chi connectivity index (χ0) is 48.9. The van der Waals surface area contributed by atoms with Crippen molar-refractivity contribution in [1.82, 2.24) is 36.1 Å². The number of benzene rings is 3. The van der Waals surface area contributed by atoms with Crippen molar-refractivity contribution in [1.29, 1.82) is 5.26 Å². The number of aromatic nitrogens is 2. The Bertz CT molecular complexity index is 2480. The number of hydrogen-bond acceptors (Lipinski definition) is 13. The smallest absolute Gasteiger partial charge is 0.255 e. The van der Waals surface area contributed by atoms with Crippen molar-refractivity contribution in [2.45, 2.75) is 89.9 Å². The number of likely N-dealkylation sites (N-methyl/N-ethyl adjacent to an activating group) is 1. The topological polar surface area (TPSA) is 283 Å². The van der Waals surface area contributed by atoms with Gasteiger partial charge in [0.1, 0.15) is 55.4 Å². The summed E-state index contributed by atoms with van der Waals surface area (Å²) in [4.78, 5) is 81.3. The van der Waals surface area contributed by atoms with Crippen molar-refractivity contribution in [3.63, 3.8) is 0 Å². The summed E-state index contributed by atoms with van der Waals surface area (Å²) in [6, 6.07) is 15.3. The second kappa shape index (κ2) is 23.7. The Labute approximate surface area is 397 Å². The first-order valence-corrected chi connectivity index (χ1v) is 23.2. The number of nitriles is 1. The van der Waals surface area contributed by atoms with Crippen LogP contribution in [0.15, 0.2) is 60.7 Å². The lowest BCUT2D eigenvalue weighted by atomic mass is 9.93. The molecule has 1 fully saturated rings. The summed E-state index contributed by atoms with van der Waals surface area (Å²) in [5.41, 5.74) is 22.7. The highest BCUT2D eigenvalue weighted by molar-refractivity contribution is 6.00. The molecule has 6 rings (SSSR count). The Morgan fingerprint density at radius 2 is 1.50 bits per heavy atom. The van der Waals surface area contributed by atoms with Crippen molar-refractivity contribution in [2.75, 3.05) is 46.4 Å². The van der Waals surface area contributed by atoms with Gasteiger partial charge in [0.25, 0.3) is 5.91 Å². The molecule has 0 spiro atoms. The van der Waals surface area contributed by atoms with E-state index in [1.165, 1.54) is 50.1 Å². The average molecular weight is 930 g/mol. The number of nitrogens with zero attached hydrogens (tertiary/aromatic N) is 4. The zero-order valence-electron chi connectivity index (χ0n) is 39.2. The number of carbonyl (C=O) groups excluding carboxylic acids is 5. The maximum Gasteiger partial charge on any atom is 0.255 e. The van der Waals surface area contributed by atoms with Crippen molar-refractivity contribution >= 4 is 29.5 Å². The molecule has 1 aliphatic carbocycles. The van der Waals surface area contributed by atoms with E-state index in [2.05, 4.69) is 33.4 Å². The molecular formula is C50H63N11O7. The molecule has 1 aliphatic heterocycles. The van der Waals surface area contributed by atoms with Gasteiger partial charge in [0.05, 0.1) is 23.0 Å². The molecule has 0 radical (unpaired) electrons. The number of nitrogens with two attached hydrogens (primary N) is 3. The number of ether oxygens (including phenoxy) is 2. The van der Waals surface area contributed by atoms with Crippen LogP contribution in [0.5, 0.6) is 11.5 Å². The summed E-state index contributed by atoms with van der Waals surface area (Å²) >= 11 is 0. The first kappa shape index (κ1) is 50.5. The molecule has 18 nitrogen and oxygen atoms in total. The van der Waals surface area contributed by atoms with E-state index in [0.29, 0.717) is 56.9 Å². The quantitative estimate of drug-likeness (QED) is 0.0751. The number of hydrogen-bond donors (Lipinski definition) is 7. The molecule has 4 aromatic rings. The summed E-state index contributed by atoms with van der Waals surface area (Å²) < 4.78 is 12.2. The fourth-order valence-electron chi connectivity index (χ4n) is 8.87. The second-order valence-electron chi connectivity index (χ2n) is 17.3. The van der Waals surface area contributed by atoms with Crippen LogP contribution in [-0.4, -0.2) is 109 Å². The molecule has 0 saturated heterocycles. The predicted octanol–water partition coefficient (Wildman–Crippen LogP) is 2.67. The molecule has 4 atom stereocenters. The molecule has 3 aromatic carbocycles. The minimum Gasteiger partial charge on any atom is -0.492 e. The molecule has 4 unspecified atom stereocenters. The van der Waals surface area contributed by atoms with Crippen LogP contribution >= 0.6 is 0 Å². The Balaban J connectivity index is 1.35. The number of fused-ring (bicyclic) bond motifs is 5. The van der Waals surface area contributed by atoms with E-state index >= 15 is 0 Å². The fourth-order valence-corrected chi connectivity index (χ4v) is 8.87. The van der Waals surface area contributed by atoms with Crippen LogP contribution < -0.4 is 47.9 Å². The lowest BCUT2D eigenvalue weighted by Crippen LogP contribution is -2.56. The van der Waals surface area contributed by atoms with Crippen LogP contribution in [0.1, 0.15) is 83.5 Å². The van der Waals surface area contributed by atoms with Crippen molar-refractivity contribution in [2.24, 2.45) is 23.1 Å². The minimum absolute atomic E-state index is 0.00403. The van der Waals surface area contributed by atoms with Crippen LogP contribution in [-0.2, 0) is 32.0 Å². The number of nitrogens with one attached hydrogen (secondary N) is 4. The molecule has 360 valence electrons. The standard InChI is InChI=1S/C50H63N11O7/c1-29-43(30(2)57-45(56-29)35-12-9-33(10-13-35)25-32-7-5-6-8-32)48(64)59-39(17-18-51)50(66)61(4)44-36-14-16-42(68-24-21-54)38(28-36)37-26-34(11-15-41(37)67-23-20-53)27-40(47(63)55-22-19-52)60-46(62)31(3)58-49(44)65/h9-16,26,28,31-32,39-40,44H,5-8,17-18,20-25,27,51,53-54H2,1-4H3,(H,55,63)(H,58,65)(H,59,64)(H,60,62). The number of carbonyl (C=O) groups is 5. The van der Waals surface area contributed by atoms with Crippen LogP contribution in [0, 0.1) is 31.1 Å². The highest BCUT2D eigenvalue weighted by atomic mass is 16.5. The molecule has 2 heterocycles. The maximum atomic E-state index is 14.8. The van der Waals surface area contributed by atoms with Gasteiger partial charge in [-0.05, 0) is 87.0 Å². The van der Waals surface area contributed by atoms with Crippen molar-refractivity contribution in [3.05, 3.63) is 94.3 Å². The van der Waals surface area contributed by atoms with Gasteiger partial charge in [0.15, 0.2) is 5.82 Å². The lowest BCUT2D eigenvalue weighted by Gasteiger charge is -2.32. The fraction of sp³-hybridized carbons (Fsp3) is 0.440. The number of amides is 5. The van der Waals surface area contributed by atoms with Gasteiger partial charge in [0, 0.05) is 43.2 Å². The largest absolute Gasteiger partial charge is 0.492 e. The molecule has 1 aromatic heterocycles. The van der Waals surface area contributed by atoms with Crippen LogP contribution in [0.3, 0.4) is 0 Å². The van der Waals surface area contributed by atoms with Gasteiger partial charge in [0.2, 0.25) is 23.6 Å². The molecule has 68 heavy (non-hydrogen) atoms. The van der Waals surface area contributed by atoms with E-state index in [0.717, 1.165) is 12.0 Å². The van der Waals surface area contributed by atoms with Gasteiger partial charge in [-0.2, -0.15) is 5.26 Å². The van der Waals surface area contributed by atoms with Crippen LogP contribution in [0.4, 0.5) is 0 Å². The van der Waals surface area contributed by atoms with E-state index < -0.39 is 53.7 Å². The van der Waals surface area contributed by atoms with Gasteiger partial charge in [-0.25, -0.2) is 9.97 Å². The van der Waals surface area contributed by atoms with Crippen molar-refractivity contribution < 1.29 is 33.4 Å². The van der Waals surface area contributed by atoms with Crippen molar-refractivity contribution in [3.8, 4) is 40.1 Å². The Kier molecular flexibility index (Phi) is 17.6. The van der Waals surface area contributed by atoms with Gasteiger partial charge in [-0.3, -0.25) is 24.0 Å². The Hall–Kier alpha value is -6.94. The molecular weight excluding hydrogens is 867 g/mol. The zero-order valence-corrected chi connectivity index (χ0v) is 39.2. The summed E-state index contributed by atoms with van der Waals surface area (Å²) in [7, 11) is 1.42. The molecule has 18 heteroatoms. The second-order valence-corrected chi connectivity index (χ2v) is 17.3. The van der Waals surface area contributed by atoms with Gasteiger partial charge in [-0.15, -0.1) is 0 Å². The normalized spacial score (nSPS) is 17.7. The first-order valence-electron chi connectivity index (χ1n) is 23.2. The van der Waals surface area contributed by atoms with Gasteiger partial charge in [-0.1, -0.05) is 62.1 Å². The Morgan fingerprint density at radius 1 is 0.868 bits per heavy atom. The Morgan fingerprint density at radius 3 is 2.12 bits per heavy atom. The van der Waals surface area contributed by atoms with E-state index in [4.69, 9.17) is 36.6 Å². The van der Waals surface area contributed by atoms with E-state index in [9.17, 15) is 29.2 Å². The highest BCUT2D eigenvalue weighted by Crippen LogP contribution is 2.40. The van der Waals surface area contributed by atoms with E-state index in [1.807, 2.05) is 18.2 Å². The van der Waals surface area contributed by atoms with Crippen LogP contribution in [0.2, 0.25) is 0 Å². The third-order valence-electron chi connectivity index (χ3n) is 12.3. The van der Waals surface area contributed by atoms with E-state index in [1.54, 1.807) is 50.2 Å². The predicted molar refractivity (Wildman–Crippen MR) is 256 cm³/mol. The van der Waals surface area contributed by atoms with Crippen LogP contribution in [0.25, 0.3) is 22.5 Å². The summed E-state index contributed by atoms with van der Waals surface area (Å²) in [6.45, 7) is 5.26. The van der Waals surface area contributed by atoms with Gasteiger partial charge >= 0.3 is 0 Å². The third-order valence-corrected chi connectivity index (χ3v) is 12.3. The number of aryl methyl sites for hydroxylation is 2. The number of rotatable bonds is 17. The highest BCUT2D eigenvalue weighted by Gasteiger charge is 2.36. The molecule has 2 aliphatic rings. The molecule has 4 bridgehead atoms. The molecule has 1 saturated carbocycles. The maximum absolute atomic E-state index is 14.8. The molecule has 10 N–H and O–H groups in total. The summed E-state index contributed by atoms with van der Waals surface area (Å²) in [6.07, 6.45) is 6.15. The average Bonchev–Trinajstić information content (AvgIpc) is 3.84. The summed E-state index contributed by atoms with van der Waals surface area (Å²) in [5, 5.41) is 20.0.